The number of carbonyl (C=O) groups is 2. The molecule has 0 aliphatic carbocycles. The Morgan fingerprint density at radius 1 is 1.14 bits per heavy atom. The quantitative estimate of drug-likeness (QED) is 0.452. The van der Waals surface area contributed by atoms with E-state index in [9.17, 15) is 14.4 Å². The normalized spacial score (nSPS) is 10.9. The number of aryl methyl sites for hydroxylation is 2. The Hall–Kier alpha value is -2.64. The van der Waals surface area contributed by atoms with Crippen LogP contribution >= 0.6 is 22.9 Å². The molecule has 0 spiro atoms. The summed E-state index contributed by atoms with van der Waals surface area (Å²) in [5, 5.41) is 2.27. The maximum absolute atomic E-state index is 12.6. The minimum atomic E-state index is -0.624. The Morgan fingerprint density at radius 3 is 2.54 bits per heavy atom. The number of carbonyl (C=O) groups excluding carboxylic acids is 2. The minimum Gasteiger partial charge on any atom is -0.456 e. The van der Waals surface area contributed by atoms with Crippen molar-refractivity contribution in [3.05, 3.63) is 73.0 Å². The number of hydrogen-bond donors (Lipinski definition) is 0. The molecule has 0 aliphatic heterocycles. The van der Waals surface area contributed by atoms with Crippen molar-refractivity contribution in [2.45, 2.75) is 27.3 Å². The minimum absolute atomic E-state index is 0.205. The lowest BCUT2D eigenvalue weighted by Crippen LogP contribution is -2.24. The maximum Gasteiger partial charge on any atom is 0.326 e. The van der Waals surface area contributed by atoms with E-state index in [1.165, 1.54) is 4.57 Å². The Morgan fingerprint density at radius 2 is 1.89 bits per heavy atom. The number of rotatable bonds is 6. The van der Waals surface area contributed by atoms with Crippen LogP contribution in [0.2, 0.25) is 5.02 Å². The molecule has 1 aromatic carbocycles. The van der Waals surface area contributed by atoms with Crippen LogP contribution in [0, 0.1) is 20.8 Å². The fourth-order valence-electron chi connectivity index (χ4n) is 3.05. The van der Waals surface area contributed by atoms with Crippen LogP contribution in [0.5, 0.6) is 0 Å². The molecule has 146 valence electrons. The molecule has 2 aromatic heterocycles. The van der Waals surface area contributed by atoms with Crippen molar-refractivity contribution >= 4 is 34.7 Å². The van der Waals surface area contributed by atoms with Crippen LogP contribution < -0.4 is 4.87 Å². The van der Waals surface area contributed by atoms with E-state index >= 15 is 0 Å². The standard InChI is InChI=1S/C20H19ClN2O4S/c1-12-7-17(14(3)23(12)16-6-4-5-15(21)8-16)18(24)10-27-19(25)9-22-13(2)11-28-20(22)26/h4-8,11H,9-10H2,1-3H3. The fourth-order valence-corrected chi connectivity index (χ4v) is 3.97. The number of ether oxygens (including phenoxy) is 1. The topological polar surface area (TPSA) is 70.3 Å². The highest BCUT2D eigenvalue weighted by Gasteiger charge is 2.19. The van der Waals surface area contributed by atoms with Crippen molar-refractivity contribution in [1.82, 2.24) is 9.13 Å². The van der Waals surface area contributed by atoms with Gasteiger partial charge in [-0.25, -0.2) is 0 Å². The molecule has 2 heterocycles. The second-order valence-corrected chi connectivity index (χ2v) is 7.67. The molecule has 28 heavy (non-hydrogen) atoms. The molecule has 0 atom stereocenters. The largest absolute Gasteiger partial charge is 0.456 e. The van der Waals surface area contributed by atoms with Gasteiger partial charge >= 0.3 is 10.8 Å². The van der Waals surface area contributed by atoms with Crippen LogP contribution in [0.3, 0.4) is 0 Å². The molecule has 6 nitrogen and oxygen atoms in total. The van der Waals surface area contributed by atoms with E-state index in [4.69, 9.17) is 16.3 Å². The lowest BCUT2D eigenvalue weighted by atomic mass is 10.1. The number of thiazole rings is 1. The second kappa shape index (κ2) is 8.16. The van der Waals surface area contributed by atoms with Crippen LogP contribution in [0.15, 0.2) is 40.5 Å². The Kier molecular flexibility index (Phi) is 5.86. The number of benzene rings is 1. The lowest BCUT2D eigenvalue weighted by Gasteiger charge is -2.10. The number of nitrogens with zero attached hydrogens (tertiary/aromatic N) is 2. The number of ketones is 1. The summed E-state index contributed by atoms with van der Waals surface area (Å²) in [7, 11) is 0. The molecule has 0 bridgehead atoms. The lowest BCUT2D eigenvalue weighted by molar-refractivity contribution is -0.143. The molecule has 0 N–H and O–H groups in total. The third-order valence-corrected chi connectivity index (χ3v) is 5.54. The first-order valence-electron chi connectivity index (χ1n) is 8.56. The smallest absolute Gasteiger partial charge is 0.326 e. The first-order chi connectivity index (χ1) is 13.3. The summed E-state index contributed by atoms with van der Waals surface area (Å²) in [6, 6.07) is 9.11. The first kappa shape index (κ1) is 20.1. The molecule has 0 fully saturated rings. The molecular formula is C20H19ClN2O4S. The Bertz CT molecular complexity index is 1110. The summed E-state index contributed by atoms with van der Waals surface area (Å²) in [6.07, 6.45) is 0. The summed E-state index contributed by atoms with van der Waals surface area (Å²) in [5.41, 5.74) is 3.63. The highest BCUT2D eigenvalue weighted by Crippen LogP contribution is 2.23. The van der Waals surface area contributed by atoms with Crippen LogP contribution in [-0.4, -0.2) is 27.5 Å². The van der Waals surface area contributed by atoms with Gasteiger partial charge in [0.1, 0.15) is 6.54 Å². The van der Waals surface area contributed by atoms with E-state index in [2.05, 4.69) is 0 Å². The van der Waals surface area contributed by atoms with Gasteiger partial charge in [0.15, 0.2) is 6.61 Å². The van der Waals surface area contributed by atoms with Crippen molar-refractivity contribution < 1.29 is 14.3 Å². The van der Waals surface area contributed by atoms with Crippen molar-refractivity contribution in [1.29, 1.82) is 0 Å². The number of aromatic nitrogens is 2. The molecule has 0 aliphatic rings. The van der Waals surface area contributed by atoms with E-state index < -0.39 is 5.97 Å². The number of halogens is 1. The number of hydrogen-bond acceptors (Lipinski definition) is 5. The molecule has 3 aromatic rings. The summed E-state index contributed by atoms with van der Waals surface area (Å²) >= 11 is 7.09. The third-order valence-electron chi connectivity index (χ3n) is 4.43. The molecule has 0 unspecified atom stereocenters. The van der Waals surface area contributed by atoms with Gasteiger partial charge < -0.3 is 9.30 Å². The highest BCUT2D eigenvalue weighted by molar-refractivity contribution is 7.07. The van der Waals surface area contributed by atoms with Crippen molar-refractivity contribution in [3.8, 4) is 5.69 Å². The van der Waals surface area contributed by atoms with Crippen LogP contribution in [0.25, 0.3) is 5.69 Å². The van der Waals surface area contributed by atoms with E-state index in [-0.39, 0.29) is 23.8 Å². The number of esters is 1. The van der Waals surface area contributed by atoms with E-state index in [0.29, 0.717) is 16.3 Å². The predicted octanol–water partition coefficient (Wildman–Crippen LogP) is 3.71. The van der Waals surface area contributed by atoms with Gasteiger partial charge in [0.05, 0.1) is 0 Å². The Balaban J connectivity index is 1.72. The third kappa shape index (κ3) is 4.10. The average molecular weight is 419 g/mol. The maximum atomic E-state index is 12.6. The first-order valence-corrected chi connectivity index (χ1v) is 9.82. The summed E-state index contributed by atoms with van der Waals surface area (Å²) in [6.45, 7) is 4.88. The zero-order chi connectivity index (χ0) is 20.4. The second-order valence-electron chi connectivity index (χ2n) is 6.41. The van der Waals surface area contributed by atoms with Crippen molar-refractivity contribution in [2.24, 2.45) is 0 Å². The zero-order valence-electron chi connectivity index (χ0n) is 15.7. The fraction of sp³-hybridized carbons (Fsp3) is 0.250. The Labute approximate surface area is 170 Å². The van der Waals surface area contributed by atoms with Gasteiger partial charge in [-0.15, -0.1) is 0 Å². The summed E-state index contributed by atoms with van der Waals surface area (Å²) < 4.78 is 8.34. The van der Waals surface area contributed by atoms with E-state index in [1.54, 1.807) is 24.4 Å². The molecule has 8 heteroatoms. The SMILES string of the molecule is Cc1cc(C(=O)COC(=O)Cn2c(C)csc2=O)c(C)n1-c1cccc(Cl)c1. The van der Waals surface area contributed by atoms with Crippen LogP contribution in [-0.2, 0) is 16.1 Å². The van der Waals surface area contributed by atoms with Gasteiger partial charge in [0, 0.05) is 38.7 Å². The molecule has 0 amide bonds. The molecule has 0 radical (unpaired) electrons. The van der Waals surface area contributed by atoms with E-state index in [1.807, 2.05) is 36.6 Å². The van der Waals surface area contributed by atoms with Gasteiger partial charge in [-0.2, -0.15) is 0 Å². The summed E-state index contributed by atoms with van der Waals surface area (Å²) in [4.78, 5) is 36.0. The summed E-state index contributed by atoms with van der Waals surface area (Å²) in [5.74, 6) is -0.926. The van der Waals surface area contributed by atoms with Gasteiger partial charge in [-0.05, 0) is 45.0 Å². The predicted molar refractivity (Wildman–Crippen MR) is 109 cm³/mol. The van der Waals surface area contributed by atoms with Gasteiger partial charge in [-0.1, -0.05) is 29.0 Å². The molecular weight excluding hydrogens is 400 g/mol. The number of Topliss-reactive ketones (excluding diaryl/α,β-unsaturated/α-hetero) is 1. The highest BCUT2D eigenvalue weighted by atomic mass is 35.5. The van der Waals surface area contributed by atoms with Crippen molar-refractivity contribution in [2.75, 3.05) is 6.61 Å². The van der Waals surface area contributed by atoms with Gasteiger partial charge in [0.2, 0.25) is 5.78 Å². The van der Waals surface area contributed by atoms with Crippen LogP contribution in [0.1, 0.15) is 27.4 Å². The van der Waals surface area contributed by atoms with Crippen molar-refractivity contribution in [3.63, 3.8) is 0 Å². The molecule has 0 saturated carbocycles. The molecule has 3 rings (SSSR count). The van der Waals surface area contributed by atoms with E-state index in [0.717, 1.165) is 28.4 Å². The monoisotopic (exact) mass is 418 g/mol. The van der Waals surface area contributed by atoms with Gasteiger partial charge in [0.25, 0.3) is 0 Å². The molecule has 0 saturated heterocycles. The average Bonchev–Trinajstić information content (AvgIpc) is 3.12. The van der Waals surface area contributed by atoms with Crippen LogP contribution in [0.4, 0.5) is 0 Å². The zero-order valence-corrected chi connectivity index (χ0v) is 17.3. The van der Waals surface area contributed by atoms with Gasteiger partial charge in [-0.3, -0.25) is 19.0 Å².